The summed E-state index contributed by atoms with van der Waals surface area (Å²) in [6.45, 7) is 3.06. The summed E-state index contributed by atoms with van der Waals surface area (Å²) in [6, 6.07) is 7.72. The lowest BCUT2D eigenvalue weighted by molar-refractivity contribution is 0.560. The number of hydrogen-bond donors (Lipinski definition) is 1. The first-order valence-electron chi connectivity index (χ1n) is 5.88. The van der Waals surface area contributed by atoms with E-state index >= 15 is 0 Å². The van der Waals surface area contributed by atoms with Gasteiger partial charge in [-0.25, -0.2) is 4.21 Å². The SMILES string of the molecule is CCN(c1cccc(C2=CCN=CC2)c1)S(=O)O. The maximum atomic E-state index is 11.2. The van der Waals surface area contributed by atoms with Gasteiger partial charge in [-0.2, -0.15) is 0 Å². The van der Waals surface area contributed by atoms with E-state index in [2.05, 4.69) is 11.1 Å². The zero-order valence-corrected chi connectivity index (χ0v) is 11.1. The highest BCUT2D eigenvalue weighted by atomic mass is 32.2. The highest BCUT2D eigenvalue weighted by Gasteiger charge is 2.11. The van der Waals surface area contributed by atoms with Crippen LogP contribution in [0.1, 0.15) is 18.9 Å². The Hall–Kier alpha value is -1.46. The molecule has 0 bridgehead atoms. The monoisotopic (exact) mass is 264 g/mol. The average Bonchev–Trinajstić information content (AvgIpc) is 2.40. The van der Waals surface area contributed by atoms with E-state index in [-0.39, 0.29) is 0 Å². The van der Waals surface area contributed by atoms with Crippen LogP contribution in [0.15, 0.2) is 35.3 Å². The Balaban J connectivity index is 2.29. The fourth-order valence-corrected chi connectivity index (χ4v) is 2.48. The minimum Gasteiger partial charge on any atom is -0.293 e. The van der Waals surface area contributed by atoms with Crippen LogP contribution in [0.5, 0.6) is 0 Å². The molecule has 1 N–H and O–H groups in total. The van der Waals surface area contributed by atoms with Crippen LogP contribution >= 0.6 is 0 Å². The summed E-state index contributed by atoms with van der Waals surface area (Å²) in [4.78, 5) is 4.15. The standard InChI is InChI=1S/C13H16N2O2S/c1-2-15(18(16)17)13-5-3-4-12(10-13)11-6-8-14-9-7-11/h3-6,9-10H,2,7-8H2,1H3,(H,16,17). The highest BCUT2D eigenvalue weighted by molar-refractivity contribution is 7.80. The first-order chi connectivity index (χ1) is 8.72. The first-order valence-corrected chi connectivity index (χ1v) is 6.95. The number of rotatable bonds is 4. The van der Waals surface area contributed by atoms with Crippen molar-refractivity contribution in [2.45, 2.75) is 13.3 Å². The van der Waals surface area contributed by atoms with E-state index in [1.54, 1.807) is 0 Å². The molecular formula is C13H16N2O2S. The van der Waals surface area contributed by atoms with Crippen LogP contribution < -0.4 is 4.31 Å². The highest BCUT2D eigenvalue weighted by Crippen LogP contribution is 2.24. The summed E-state index contributed by atoms with van der Waals surface area (Å²) in [7, 11) is 0. The molecule has 0 aliphatic carbocycles. The zero-order valence-electron chi connectivity index (χ0n) is 10.2. The number of aliphatic imine (C=N–C) groups is 1. The van der Waals surface area contributed by atoms with E-state index in [1.807, 2.05) is 37.4 Å². The van der Waals surface area contributed by atoms with Gasteiger partial charge < -0.3 is 0 Å². The predicted molar refractivity (Wildman–Crippen MR) is 76.2 cm³/mol. The molecule has 1 unspecified atom stereocenters. The molecule has 0 spiro atoms. The normalized spacial score (nSPS) is 16.2. The number of hydrogen-bond acceptors (Lipinski definition) is 2. The molecular weight excluding hydrogens is 248 g/mol. The molecule has 96 valence electrons. The fourth-order valence-electron chi connectivity index (χ4n) is 1.96. The minimum absolute atomic E-state index is 0.493. The molecule has 1 heterocycles. The van der Waals surface area contributed by atoms with Crippen molar-refractivity contribution >= 4 is 28.7 Å². The smallest absolute Gasteiger partial charge is 0.261 e. The Morgan fingerprint density at radius 1 is 1.50 bits per heavy atom. The van der Waals surface area contributed by atoms with Crippen LogP contribution in [0.3, 0.4) is 0 Å². The molecule has 1 aromatic rings. The first kappa shape index (κ1) is 13.0. The Bertz CT molecular complexity index is 511. The number of dihydropyridines is 1. The fraction of sp³-hybridized carbons (Fsp3) is 0.308. The van der Waals surface area contributed by atoms with Gasteiger partial charge in [-0.3, -0.25) is 13.9 Å². The molecule has 1 aliphatic rings. The van der Waals surface area contributed by atoms with Crippen LogP contribution in [0.25, 0.3) is 5.57 Å². The molecule has 0 aromatic heterocycles. The van der Waals surface area contributed by atoms with Crippen molar-refractivity contribution in [3.05, 3.63) is 35.9 Å². The molecule has 0 amide bonds. The van der Waals surface area contributed by atoms with Gasteiger partial charge >= 0.3 is 0 Å². The molecule has 4 nitrogen and oxygen atoms in total. The maximum Gasteiger partial charge on any atom is 0.261 e. The van der Waals surface area contributed by atoms with Gasteiger partial charge in [0.1, 0.15) is 0 Å². The minimum atomic E-state index is -1.98. The van der Waals surface area contributed by atoms with Gasteiger partial charge in [-0.15, -0.1) is 0 Å². The second kappa shape index (κ2) is 5.93. The van der Waals surface area contributed by atoms with E-state index in [0.29, 0.717) is 13.1 Å². The summed E-state index contributed by atoms with van der Waals surface area (Å²) in [5.41, 5.74) is 3.06. The van der Waals surface area contributed by atoms with Crippen molar-refractivity contribution in [1.29, 1.82) is 0 Å². The molecule has 0 radical (unpaired) electrons. The lowest BCUT2D eigenvalue weighted by Gasteiger charge is -2.19. The molecule has 0 saturated carbocycles. The maximum absolute atomic E-state index is 11.2. The lowest BCUT2D eigenvalue weighted by Crippen LogP contribution is -2.24. The zero-order chi connectivity index (χ0) is 13.0. The second-order valence-electron chi connectivity index (χ2n) is 3.96. The molecule has 2 rings (SSSR count). The molecule has 5 heteroatoms. The van der Waals surface area contributed by atoms with Crippen molar-refractivity contribution in [2.75, 3.05) is 17.4 Å². The predicted octanol–water partition coefficient (Wildman–Crippen LogP) is 2.51. The Kier molecular flexibility index (Phi) is 4.28. The van der Waals surface area contributed by atoms with Gasteiger partial charge in [0.05, 0.1) is 12.2 Å². The molecule has 0 saturated heterocycles. The quantitative estimate of drug-likeness (QED) is 0.849. The van der Waals surface area contributed by atoms with E-state index < -0.39 is 11.3 Å². The molecule has 1 atom stereocenters. The second-order valence-corrected chi connectivity index (χ2v) is 4.86. The Morgan fingerprint density at radius 2 is 2.33 bits per heavy atom. The van der Waals surface area contributed by atoms with Crippen LogP contribution in [-0.2, 0) is 11.3 Å². The van der Waals surface area contributed by atoms with Gasteiger partial charge in [0.2, 0.25) is 0 Å². The van der Waals surface area contributed by atoms with E-state index in [1.165, 1.54) is 9.88 Å². The van der Waals surface area contributed by atoms with Gasteiger partial charge in [-0.1, -0.05) is 18.2 Å². The van der Waals surface area contributed by atoms with Gasteiger partial charge in [0.25, 0.3) is 11.3 Å². The average molecular weight is 264 g/mol. The van der Waals surface area contributed by atoms with E-state index in [0.717, 1.165) is 17.7 Å². The number of allylic oxidation sites excluding steroid dienone is 1. The summed E-state index contributed by atoms with van der Waals surface area (Å²) in [5, 5.41) is 0. The number of nitrogens with zero attached hydrogens (tertiary/aromatic N) is 2. The van der Waals surface area contributed by atoms with Crippen LogP contribution in [-0.4, -0.2) is 28.1 Å². The summed E-state index contributed by atoms with van der Waals surface area (Å²) in [5.74, 6) is 0. The third kappa shape index (κ3) is 2.86. The van der Waals surface area contributed by atoms with Gasteiger partial charge in [-0.05, 0) is 30.2 Å². The van der Waals surface area contributed by atoms with Crippen molar-refractivity contribution in [1.82, 2.24) is 0 Å². The Labute approximate surface area is 109 Å². The van der Waals surface area contributed by atoms with Crippen LogP contribution in [0.2, 0.25) is 0 Å². The summed E-state index contributed by atoms with van der Waals surface area (Å²) < 4.78 is 21.9. The van der Waals surface area contributed by atoms with Crippen LogP contribution in [0.4, 0.5) is 5.69 Å². The number of anilines is 1. The largest absolute Gasteiger partial charge is 0.293 e. The van der Waals surface area contributed by atoms with Crippen molar-refractivity contribution in [3.63, 3.8) is 0 Å². The summed E-state index contributed by atoms with van der Waals surface area (Å²) >= 11 is -1.98. The Morgan fingerprint density at radius 3 is 2.94 bits per heavy atom. The topological polar surface area (TPSA) is 52.9 Å². The summed E-state index contributed by atoms with van der Waals surface area (Å²) in [6.07, 6.45) is 4.81. The molecule has 1 aromatic carbocycles. The van der Waals surface area contributed by atoms with Crippen molar-refractivity contribution < 1.29 is 8.76 Å². The molecule has 1 aliphatic heterocycles. The third-order valence-corrected chi connectivity index (χ3v) is 3.71. The van der Waals surface area contributed by atoms with Crippen molar-refractivity contribution in [2.24, 2.45) is 4.99 Å². The van der Waals surface area contributed by atoms with Gasteiger partial charge in [0, 0.05) is 19.2 Å². The van der Waals surface area contributed by atoms with Crippen LogP contribution in [0, 0.1) is 0 Å². The third-order valence-electron chi connectivity index (χ3n) is 2.86. The van der Waals surface area contributed by atoms with Gasteiger partial charge in [0.15, 0.2) is 0 Å². The molecule has 18 heavy (non-hydrogen) atoms. The van der Waals surface area contributed by atoms with E-state index in [4.69, 9.17) is 0 Å². The lowest BCUT2D eigenvalue weighted by atomic mass is 10.0. The van der Waals surface area contributed by atoms with Crippen molar-refractivity contribution in [3.8, 4) is 0 Å². The molecule has 0 fully saturated rings. The number of benzene rings is 1. The van der Waals surface area contributed by atoms with E-state index in [9.17, 15) is 8.76 Å².